The number of nitrogens with one attached hydrogen (secondary N) is 1. The first-order chi connectivity index (χ1) is 9.90. The van der Waals surface area contributed by atoms with Crippen LogP contribution >= 0.6 is 0 Å². The van der Waals surface area contributed by atoms with Gasteiger partial charge in [0.1, 0.15) is 0 Å². The fourth-order valence-electron chi connectivity index (χ4n) is 2.41. The predicted molar refractivity (Wildman–Crippen MR) is 80.2 cm³/mol. The average molecular weight is 293 g/mol. The Balaban J connectivity index is 3.17. The van der Waals surface area contributed by atoms with Crippen molar-refractivity contribution < 1.29 is 19.1 Å². The summed E-state index contributed by atoms with van der Waals surface area (Å²) in [6.07, 6.45) is -0.630. The summed E-state index contributed by atoms with van der Waals surface area (Å²) in [7, 11) is 0. The molecular formula is C16H23NO4. The van der Waals surface area contributed by atoms with Crippen molar-refractivity contribution in [2.75, 3.05) is 13.2 Å². The minimum atomic E-state index is -0.857. The third-order valence-corrected chi connectivity index (χ3v) is 3.09. The first-order valence-electron chi connectivity index (χ1n) is 7.08. The maximum absolute atomic E-state index is 12.2. The minimum absolute atomic E-state index is 0.243. The van der Waals surface area contributed by atoms with Crippen LogP contribution in [0.15, 0.2) is 12.1 Å². The molecule has 0 bridgehead atoms. The van der Waals surface area contributed by atoms with Crippen LogP contribution in [0.4, 0.5) is 4.79 Å². The van der Waals surface area contributed by atoms with Gasteiger partial charge in [-0.2, -0.15) is 0 Å². The number of esters is 1. The molecule has 0 aliphatic carbocycles. The van der Waals surface area contributed by atoms with Crippen LogP contribution in [0, 0.1) is 20.8 Å². The summed E-state index contributed by atoms with van der Waals surface area (Å²) in [6.45, 7) is 9.75. The van der Waals surface area contributed by atoms with Gasteiger partial charge in [0.05, 0.1) is 13.2 Å². The SMILES string of the molecule is CCOC(=O)NC(C(=O)OCC)c1c(C)cc(C)cc1C. The molecule has 0 aromatic heterocycles. The van der Waals surface area contributed by atoms with Gasteiger partial charge in [-0.3, -0.25) is 0 Å². The van der Waals surface area contributed by atoms with E-state index in [2.05, 4.69) is 5.32 Å². The fraction of sp³-hybridized carbons (Fsp3) is 0.500. The lowest BCUT2D eigenvalue weighted by Gasteiger charge is -2.21. The second-order valence-corrected chi connectivity index (χ2v) is 4.86. The molecule has 0 fully saturated rings. The summed E-state index contributed by atoms with van der Waals surface area (Å²) in [5.74, 6) is -0.486. The Hall–Kier alpha value is -2.04. The number of alkyl carbamates (subject to hydrolysis) is 1. The molecule has 1 aromatic carbocycles. The van der Waals surface area contributed by atoms with E-state index in [1.165, 1.54) is 0 Å². The van der Waals surface area contributed by atoms with E-state index in [1.807, 2.05) is 32.9 Å². The van der Waals surface area contributed by atoms with Crippen LogP contribution in [0.3, 0.4) is 0 Å². The topological polar surface area (TPSA) is 64.6 Å². The van der Waals surface area contributed by atoms with Crippen molar-refractivity contribution in [1.82, 2.24) is 5.32 Å². The van der Waals surface area contributed by atoms with Crippen LogP contribution in [0.2, 0.25) is 0 Å². The van der Waals surface area contributed by atoms with Gasteiger partial charge in [-0.15, -0.1) is 0 Å². The highest BCUT2D eigenvalue weighted by molar-refractivity contribution is 5.83. The molecule has 1 N–H and O–H groups in total. The highest BCUT2D eigenvalue weighted by atomic mass is 16.6. The van der Waals surface area contributed by atoms with E-state index < -0.39 is 18.1 Å². The second-order valence-electron chi connectivity index (χ2n) is 4.86. The van der Waals surface area contributed by atoms with Crippen LogP contribution in [0.1, 0.15) is 42.1 Å². The molecule has 0 aliphatic heterocycles. The van der Waals surface area contributed by atoms with Gasteiger partial charge in [0.2, 0.25) is 0 Å². The zero-order valence-corrected chi connectivity index (χ0v) is 13.3. The Morgan fingerprint density at radius 1 is 1.05 bits per heavy atom. The summed E-state index contributed by atoms with van der Waals surface area (Å²) in [4.78, 5) is 23.9. The van der Waals surface area contributed by atoms with E-state index >= 15 is 0 Å². The first kappa shape index (κ1) is 17.0. The lowest BCUT2D eigenvalue weighted by Crippen LogP contribution is -2.36. The summed E-state index contributed by atoms with van der Waals surface area (Å²) in [5.41, 5.74) is 3.73. The van der Waals surface area contributed by atoms with E-state index in [4.69, 9.17) is 9.47 Å². The largest absolute Gasteiger partial charge is 0.464 e. The number of hydrogen-bond acceptors (Lipinski definition) is 4. The molecule has 116 valence electrons. The summed E-state index contributed by atoms with van der Waals surface area (Å²) in [5, 5.41) is 2.58. The molecule has 0 radical (unpaired) electrons. The van der Waals surface area contributed by atoms with Crippen LogP contribution in [-0.4, -0.2) is 25.3 Å². The van der Waals surface area contributed by atoms with E-state index in [0.717, 1.165) is 22.3 Å². The van der Waals surface area contributed by atoms with Gasteiger partial charge in [-0.1, -0.05) is 17.7 Å². The minimum Gasteiger partial charge on any atom is -0.464 e. The highest BCUT2D eigenvalue weighted by Gasteiger charge is 2.27. The Labute approximate surface area is 125 Å². The number of carbonyl (C=O) groups is 2. The number of carbonyl (C=O) groups excluding carboxylic acids is 2. The van der Waals surface area contributed by atoms with E-state index in [1.54, 1.807) is 13.8 Å². The zero-order chi connectivity index (χ0) is 16.0. The quantitative estimate of drug-likeness (QED) is 0.848. The van der Waals surface area contributed by atoms with Crippen molar-refractivity contribution in [3.05, 3.63) is 34.4 Å². The van der Waals surface area contributed by atoms with Crippen molar-refractivity contribution >= 4 is 12.1 Å². The van der Waals surface area contributed by atoms with Crippen LogP contribution in [0.25, 0.3) is 0 Å². The van der Waals surface area contributed by atoms with Gasteiger partial charge in [-0.05, 0) is 51.3 Å². The standard InChI is InChI=1S/C16H23NO4/c1-6-20-15(18)14(17-16(19)21-7-2)13-11(4)8-10(3)9-12(13)5/h8-9,14H,6-7H2,1-5H3,(H,17,19). The van der Waals surface area contributed by atoms with Crippen LogP contribution in [0.5, 0.6) is 0 Å². The maximum Gasteiger partial charge on any atom is 0.408 e. The molecule has 1 unspecified atom stereocenters. The lowest BCUT2D eigenvalue weighted by atomic mass is 9.94. The molecule has 0 spiro atoms. The lowest BCUT2D eigenvalue weighted by molar-refractivity contribution is -0.145. The van der Waals surface area contributed by atoms with Crippen LogP contribution in [-0.2, 0) is 14.3 Å². The number of rotatable bonds is 5. The molecule has 0 heterocycles. The van der Waals surface area contributed by atoms with E-state index in [0.29, 0.717) is 0 Å². The summed E-state index contributed by atoms with van der Waals surface area (Å²) in [6, 6.07) is 3.09. The van der Waals surface area contributed by atoms with Crippen molar-refractivity contribution in [3.8, 4) is 0 Å². The predicted octanol–water partition coefficient (Wildman–Crippen LogP) is 2.96. The Morgan fingerprint density at radius 3 is 2.05 bits per heavy atom. The molecule has 0 aliphatic rings. The van der Waals surface area contributed by atoms with Gasteiger partial charge in [-0.25, -0.2) is 9.59 Å². The number of hydrogen-bond donors (Lipinski definition) is 1. The van der Waals surface area contributed by atoms with Gasteiger partial charge in [0.15, 0.2) is 6.04 Å². The zero-order valence-electron chi connectivity index (χ0n) is 13.3. The molecule has 1 amide bonds. The molecule has 1 atom stereocenters. The molecule has 5 heteroatoms. The molecule has 1 rings (SSSR count). The Kier molecular flexibility index (Phi) is 6.21. The summed E-state index contributed by atoms with van der Waals surface area (Å²) < 4.78 is 9.94. The number of ether oxygens (including phenoxy) is 2. The molecular weight excluding hydrogens is 270 g/mol. The van der Waals surface area contributed by atoms with Gasteiger partial charge in [0, 0.05) is 0 Å². The molecule has 5 nitrogen and oxygen atoms in total. The highest BCUT2D eigenvalue weighted by Crippen LogP contribution is 2.25. The van der Waals surface area contributed by atoms with Gasteiger partial charge < -0.3 is 14.8 Å². The molecule has 1 aromatic rings. The average Bonchev–Trinajstić information content (AvgIpc) is 2.36. The number of amides is 1. The van der Waals surface area contributed by atoms with Gasteiger partial charge >= 0.3 is 12.1 Å². The summed E-state index contributed by atoms with van der Waals surface area (Å²) >= 11 is 0. The molecule has 0 saturated carbocycles. The monoisotopic (exact) mass is 293 g/mol. The van der Waals surface area contributed by atoms with Crippen molar-refractivity contribution in [1.29, 1.82) is 0 Å². The third kappa shape index (κ3) is 4.48. The van der Waals surface area contributed by atoms with Crippen molar-refractivity contribution in [2.45, 2.75) is 40.7 Å². The number of benzene rings is 1. The third-order valence-electron chi connectivity index (χ3n) is 3.09. The number of aryl methyl sites for hydroxylation is 3. The Bertz CT molecular complexity index is 502. The van der Waals surface area contributed by atoms with Gasteiger partial charge in [0.25, 0.3) is 0 Å². The van der Waals surface area contributed by atoms with Crippen molar-refractivity contribution in [3.63, 3.8) is 0 Å². The normalized spacial score (nSPS) is 11.7. The van der Waals surface area contributed by atoms with E-state index in [9.17, 15) is 9.59 Å². The Morgan fingerprint density at radius 2 is 1.57 bits per heavy atom. The second kappa shape index (κ2) is 7.67. The fourth-order valence-corrected chi connectivity index (χ4v) is 2.41. The first-order valence-corrected chi connectivity index (χ1v) is 7.08. The molecule has 21 heavy (non-hydrogen) atoms. The van der Waals surface area contributed by atoms with E-state index in [-0.39, 0.29) is 13.2 Å². The molecule has 0 saturated heterocycles. The maximum atomic E-state index is 12.2. The smallest absolute Gasteiger partial charge is 0.408 e. The van der Waals surface area contributed by atoms with Crippen molar-refractivity contribution in [2.24, 2.45) is 0 Å². The van der Waals surface area contributed by atoms with Crippen LogP contribution < -0.4 is 5.32 Å².